The average Bonchev–Trinajstić information content (AvgIpc) is 3.02. The molecular weight excluding hydrogens is 369 g/mol. The lowest BCUT2D eigenvalue weighted by Gasteiger charge is -2.22. The molecule has 1 saturated heterocycles. The molecular formula is C23H26FN3O2. The second kappa shape index (κ2) is 10.4. The van der Waals surface area contributed by atoms with Crippen LogP contribution in [-0.2, 0) is 16.0 Å². The van der Waals surface area contributed by atoms with Crippen molar-refractivity contribution in [2.45, 2.75) is 32.1 Å². The Hall–Kier alpha value is -3.15. The second-order valence-corrected chi connectivity index (χ2v) is 7.17. The highest BCUT2D eigenvalue weighted by Crippen LogP contribution is 2.20. The van der Waals surface area contributed by atoms with E-state index in [0.29, 0.717) is 5.56 Å². The number of carbonyl (C=O) groups is 2. The molecule has 0 atom stereocenters. The molecule has 0 radical (unpaired) electrons. The van der Waals surface area contributed by atoms with Gasteiger partial charge in [-0.05, 0) is 54.3 Å². The first-order chi connectivity index (χ1) is 14.1. The van der Waals surface area contributed by atoms with Crippen LogP contribution in [-0.4, -0.2) is 24.9 Å². The molecule has 1 aliphatic heterocycles. The Labute approximate surface area is 170 Å². The first kappa shape index (κ1) is 20.6. The number of hydrogen-bond acceptors (Lipinski definition) is 3. The molecule has 0 spiro atoms. The van der Waals surface area contributed by atoms with Gasteiger partial charge in [0.15, 0.2) is 0 Å². The van der Waals surface area contributed by atoms with Gasteiger partial charge in [-0.25, -0.2) is 4.39 Å². The molecule has 29 heavy (non-hydrogen) atoms. The van der Waals surface area contributed by atoms with E-state index in [9.17, 15) is 14.0 Å². The molecule has 6 heteroatoms. The topological polar surface area (TPSA) is 61.4 Å². The van der Waals surface area contributed by atoms with Gasteiger partial charge in [0.05, 0.1) is 6.42 Å². The summed E-state index contributed by atoms with van der Waals surface area (Å²) in [5.41, 5.74) is 7.48. The summed E-state index contributed by atoms with van der Waals surface area (Å²) in [6, 6.07) is 13.8. The molecule has 0 aromatic heterocycles. The van der Waals surface area contributed by atoms with Gasteiger partial charge in [-0.2, -0.15) is 0 Å². The average molecular weight is 395 g/mol. The maximum absolute atomic E-state index is 12.9. The maximum Gasteiger partial charge on any atom is 0.262 e. The van der Waals surface area contributed by atoms with Crippen LogP contribution in [0.25, 0.3) is 6.08 Å². The van der Waals surface area contributed by atoms with Crippen molar-refractivity contribution in [2.24, 2.45) is 0 Å². The predicted octanol–water partition coefficient (Wildman–Crippen LogP) is 3.61. The molecule has 2 aromatic rings. The van der Waals surface area contributed by atoms with Crippen molar-refractivity contribution in [3.63, 3.8) is 0 Å². The van der Waals surface area contributed by atoms with E-state index < -0.39 is 5.91 Å². The second-order valence-electron chi connectivity index (χ2n) is 7.17. The highest BCUT2D eigenvalue weighted by atomic mass is 19.1. The van der Waals surface area contributed by atoms with Crippen molar-refractivity contribution in [2.75, 3.05) is 18.0 Å². The third kappa shape index (κ3) is 6.75. The number of hydrogen-bond donors (Lipinski definition) is 2. The van der Waals surface area contributed by atoms with Crippen LogP contribution in [0.1, 0.15) is 36.8 Å². The lowest BCUT2D eigenvalue weighted by atomic mass is 10.1. The Bertz CT molecular complexity index is 839. The number of nitrogens with zero attached hydrogens (tertiary/aromatic N) is 1. The predicted molar refractivity (Wildman–Crippen MR) is 113 cm³/mol. The molecule has 1 heterocycles. The van der Waals surface area contributed by atoms with Crippen molar-refractivity contribution in [3.05, 3.63) is 71.6 Å². The number of carbonyl (C=O) groups excluding carboxylic acids is 2. The summed E-state index contributed by atoms with van der Waals surface area (Å²) >= 11 is 0. The Morgan fingerprint density at radius 1 is 0.897 bits per heavy atom. The standard InChI is InChI=1S/C23H26FN3O2/c24-20-10-5-19(6-11-20)17-23(29)26-25-22(28)14-9-18-7-12-21(13-8-18)27-15-3-1-2-4-16-27/h5-14H,1-4,15-17H2,(H,25,28)(H,26,29)/b14-9+. The number of hydrazine groups is 1. The largest absolute Gasteiger partial charge is 0.372 e. The lowest BCUT2D eigenvalue weighted by molar-refractivity contribution is -0.126. The van der Waals surface area contributed by atoms with Crippen LogP contribution in [0.3, 0.4) is 0 Å². The third-order valence-electron chi connectivity index (χ3n) is 4.89. The summed E-state index contributed by atoms with van der Waals surface area (Å²) < 4.78 is 12.9. The molecule has 0 unspecified atom stereocenters. The number of nitrogens with one attached hydrogen (secondary N) is 2. The molecule has 5 nitrogen and oxygen atoms in total. The number of rotatable bonds is 5. The van der Waals surface area contributed by atoms with E-state index in [4.69, 9.17) is 0 Å². The third-order valence-corrected chi connectivity index (χ3v) is 4.89. The molecule has 1 aliphatic rings. The fourth-order valence-electron chi connectivity index (χ4n) is 3.30. The van der Waals surface area contributed by atoms with Crippen molar-refractivity contribution in [3.8, 4) is 0 Å². The van der Waals surface area contributed by atoms with E-state index in [2.05, 4.69) is 27.9 Å². The summed E-state index contributed by atoms with van der Waals surface area (Å²) in [4.78, 5) is 26.1. The smallest absolute Gasteiger partial charge is 0.262 e. The minimum Gasteiger partial charge on any atom is -0.372 e. The molecule has 2 amide bonds. The number of amides is 2. The van der Waals surface area contributed by atoms with Crippen LogP contribution in [0.15, 0.2) is 54.6 Å². The van der Waals surface area contributed by atoms with E-state index in [1.807, 2.05) is 12.1 Å². The van der Waals surface area contributed by atoms with Gasteiger partial charge in [0.2, 0.25) is 5.91 Å². The van der Waals surface area contributed by atoms with E-state index in [-0.39, 0.29) is 18.1 Å². The van der Waals surface area contributed by atoms with Crippen LogP contribution in [0.4, 0.5) is 10.1 Å². The van der Waals surface area contributed by atoms with Gasteiger partial charge in [-0.3, -0.25) is 20.4 Å². The van der Waals surface area contributed by atoms with Gasteiger partial charge in [0, 0.05) is 24.9 Å². The summed E-state index contributed by atoms with van der Waals surface area (Å²) in [7, 11) is 0. The monoisotopic (exact) mass is 395 g/mol. The number of anilines is 1. The highest BCUT2D eigenvalue weighted by molar-refractivity contribution is 5.93. The maximum atomic E-state index is 12.9. The number of benzene rings is 2. The van der Waals surface area contributed by atoms with Gasteiger partial charge in [-0.15, -0.1) is 0 Å². The zero-order valence-electron chi connectivity index (χ0n) is 16.4. The van der Waals surface area contributed by atoms with Crippen LogP contribution < -0.4 is 15.8 Å². The zero-order chi connectivity index (χ0) is 20.5. The Morgan fingerprint density at radius 3 is 2.21 bits per heavy atom. The quantitative estimate of drug-likeness (QED) is 0.601. The van der Waals surface area contributed by atoms with Crippen LogP contribution in [0.5, 0.6) is 0 Å². The van der Waals surface area contributed by atoms with Gasteiger partial charge in [-0.1, -0.05) is 37.1 Å². The number of halogens is 1. The molecule has 3 rings (SSSR count). The Balaban J connectivity index is 1.44. The molecule has 0 bridgehead atoms. The molecule has 2 aromatic carbocycles. The molecule has 2 N–H and O–H groups in total. The Kier molecular flexibility index (Phi) is 7.39. The summed E-state index contributed by atoms with van der Waals surface area (Å²) in [6.45, 7) is 2.18. The van der Waals surface area contributed by atoms with Crippen molar-refractivity contribution in [1.29, 1.82) is 0 Å². The van der Waals surface area contributed by atoms with Crippen LogP contribution >= 0.6 is 0 Å². The zero-order valence-corrected chi connectivity index (χ0v) is 16.4. The van der Waals surface area contributed by atoms with Gasteiger partial charge >= 0.3 is 0 Å². The fraction of sp³-hybridized carbons (Fsp3) is 0.304. The van der Waals surface area contributed by atoms with Crippen molar-refractivity contribution in [1.82, 2.24) is 10.9 Å². The summed E-state index contributed by atoms with van der Waals surface area (Å²) in [6.07, 6.45) is 8.19. The summed E-state index contributed by atoms with van der Waals surface area (Å²) in [5, 5.41) is 0. The minimum absolute atomic E-state index is 0.0578. The molecule has 0 saturated carbocycles. The minimum atomic E-state index is -0.422. The van der Waals surface area contributed by atoms with Gasteiger partial charge in [0.1, 0.15) is 5.82 Å². The lowest BCUT2D eigenvalue weighted by Crippen LogP contribution is -2.41. The molecule has 0 aliphatic carbocycles. The van der Waals surface area contributed by atoms with Crippen molar-refractivity contribution >= 4 is 23.6 Å². The highest BCUT2D eigenvalue weighted by Gasteiger charge is 2.09. The van der Waals surface area contributed by atoms with Crippen LogP contribution in [0.2, 0.25) is 0 Å². The van der Waals surface area contributed by atoms with E-state index in [0.717, 1.165) is 18.7 Å². The van der Waals surface area contributed by atoms with Crippen LogP contribution in [0, 0.1) is 5.82 Å². The van der Waals surface area contributed by atoms with E-state index in [1.54, 1.807) is 6.08 Å². The van der Waals surface area contributed by atoms with Gasteiger partial charge < -0.3 is 4.90 Å². The van der Waals surface area contributed by atoms with Gasteiger partial charge in [0.25, 0.3) is 5.91 Å². The normalized spacial score (nSPS) is 14.4. The first-order valence-electron chi connectivity index (χ1n) is 9.96. The first-order valence-corrected chi connectivity index (χ1v) is 9.96. The fourth-order valence-corrected chi connectivity index (χ4v) is 3.30. The molecule has 1 fully saturated rings. The van der Waals surface area contributed by atoms with Crippen molar-refractivity contribution < 1.29 is 14.0 Å². The SMILES string of the molecule is O=C(/C=C/c1ccc(N2CCCCCC2)cc1)NNC(=O)Cc1ccc(F)cc1. The summed E-state index contributed by atoms with van der Waals surface area (Å²) in [5.74, 6) is -1.15. The Morgan fingerprint density at radius 2 is 1.55 bits per heavy atom. The van der Waals surface area contributed by atoms with E-state index in [1.165, 1.54) is 61.7 Å². The van der Waals surface area contributed by atoms with E-state index >= 15 is 0 Å². The molecule has 152 valence electrons.